The standard InChI is InChI=1S/C14H14BrNO4/c1-20-12-6-5-9(7-10(12)15)11(17)8-16-13(18)3-2-4-14(16)19/h5-7H,2-4,8H2,1H3. The maximum absolute atomic E-state index is 12.1. The third-order valence-corrected chi connectivity index (χ3v) is 3.78. The molecule has 1 fully saturated rings. The van der Waals surface area contributed by atoms with Crippen LogP contribution in [0.2, 0.25) is 0 Å². The molecule has 0 aliphatic carbocycles. The maximum Gasteiger partial charge on any atom is 0.229 e. The summed E-state index contributed by atoms with van der Waals surface area (Å²) in [6.07, 6.45) is 1.22. The van der Waals surface area contributed by atoms with Crippen LogP contribution in [0.25, 0.3) is 0 Å². The molecule has 1 aliphatic rings. The van der Waals surface area contributed by atoms with Crippen LogP contribution in [0, 0.1) is 0 Å². The number of imide groups is 1. The second-order valence-corrected chi connectivity index (χ2v) is 5.35. The summed E-state index contributed by atoms with van der Waals surface area (Å²) in [5, 5.41) is 0. The quantitative estimate of drug-likeness (QED) is 0.623. The first-order valence-electron chi connectivity index (χ1n) is 6.23. The van der Waals surface area contributed by atoms with E-state index in [4.69, 9.17) is 4.74 Å². The van der Waals surface area contributed by atoms with Crippen LogP contribution in [0.1, 0.15) is 29.6 Å². The highest BCUT2D eigenvalue weighted by Gasteiger charge is 2.28. The first-order valence-corrected chi connectivity index (χ1v) is 7.02. The Morgan fingerprint density at radius 3 is 2.50 bits per heavy atom. The number of Topliss-reactive ketones (excluding diaryl/α,β-unsaturated/α-hetero) is 1. The van der Waals surface area contributed by atoms with Crippen molar-refractivity contribution >= 4 is 33.5 Å². The van der Waals surface area contributed by atoms with Gasteiger partial charge >= 0.3 is 0 Å². The lowest BCUT2D eigenvalue weighted by Gasteiger charge is -2.24. The second kappa shape index (κ2) is 6.17. The molecule has 1 heterocycles. The molecule has 2 rings (SSSR count). The summed E-state index contributed by atoms with van der Waals surface area (Å²) >= 11 is 3.30. The number of nitrogens with zero attached hydrogens (tertiary/aromatic N) is 1. The van der Waals surface area contributed by atoms with Gasteiger partial charge in [-0.2, -0.15) is 0 Å². The minimum Gasteiger partial charge on any atom is -0.496 e. The Hall–Kier alpha value is -1.69. The molecule has 0 unspecified atom stereocenters. The molecule has 0 aromatic heterocycles. The highest BCUT2D eigenvalue weighted by molar-refractivity contribution is 9.10. The van der Waals surface area contributed by atoms with Gasteiger partial charge in [-0.15, -0.1) is 0 Å². The van der Waals surface area contributed by atoms with E-state index in [1.54, 1.807) is 18.2 Å². The van der Waals surface area contributed by atoms with Gasteiger partial charge in [0.25, 0.3) is 0 Å². The van der Waals surface area contributed by atoms with E-state index >= 15 is 0 Å². The summed E-state index contributed by atoms with van der Waals surface area (Å²) in [6, 6.07) is 4.90. The molecule has 0 atom stereocenters. The Morgan fingerprint density at radius 2 is 1.95 bits per heavy atom. The van der Waals surface area contributed by atoms with E-state index in [1.807, 2.05) is 0 Å². The summed E-state index contributed by atoms with van der Waals surface area (Å²) in [5.74, 6) is -0.201. The normalized spacial score (nSPS) is 15.4. The summed E-state index contributed by atoms with van der Waals surface area (Å²) in [4.78, 5) is 36.5. The van der Waals surface area contributed by atoms with Crippen LogP contribution in [-0.4, -0.2) is 36.2 Å². The molecular formula is C14H14BrNO4. The van der Waals surface area contributed by atoms with Crippen LogP contribution in [0.3, 0.4) is 0 Å². The number of rotatable bonds is 4. The van der Waals surface area contributed by atoms with E-state index in [0.717, 1.165) is 4.90 Å². The van der Waals surface area contributed by atoms with Crippen LogP contribution < -0.4 is 4.74 Å². The molecule has 0 bridgehead atoms. The third-order valence-electron chi connectivity index (χ3n) is 3.16. The fourth-order valence-electron chi connectivity index (χ4n) is 2.05. The van der Waals surface area contributed by atoms with E-state index in [1.165, 1.54) is 7.11 Å². The average Bonchev–Trinajstić information content (AvgIpc) is 2.42. The lowest BCUT2D eigenvalue weighted by Crippen LogP contribution is -2.43. The first kappa shape index (κ1) is 14.7. The van der Waals surface area contributed by atoms with E-state index in [-0.39, 0.29) is 24.1 Å². The van der Waals surface area contributed by atoms with Gasteiger partial charge in [-0.1, -0.05) is 0 Å². The van der Waals surface area contributed by atoms with Gasteiger partial charge in [0.05, 0.1) is 18.1 Å². The van der Waals surface area contributed by atoms with Gasteiger partial charge in [-0.3, -0.25) is 19.3 Å². The van der Waals surface area contributed by atoms with Crippen molar-refractivity contribution in [2.75, 3.05) is 13.7 Å². The summed E-state index contributed by atoms with van der Waals surface area (Å²) in [6.45, 7) is -0.198. The number of ether oxygens (including phenoxy) is 1. The van der Waals surface area contributed by atoms with Gasteiger partial charge in [0.15, 0.2) is 5.78 Å². The SMILES string of the molecule is COc1ccc(C(=O)CN2C(=O)CCCC2=O)cc1Br. The highest BCUT2D eigenvalue weighted by Crippen LogP contribution is 2.26. The number of hydrogen-bond donors (Lipinski definition) is 0. The van der Waals surface area contributed by atoms with E-state index in [9.17, 15) is 14.4 Å². The molecule has 1 aromatic rings. The molecule has 1 aliphatic heterocycles. The molecule has 0 saturated carbocycles. The predicted molar refractivity (Wildman–Crippen MR) is 75.6 cm³/mol. The fourth-order valence-corrected chi connectivity index (χ4v) is 2.59. The van der Waals surface area contributed by atoms with Gasteiger partial charge in [0.2, 0.25) is 11.8 Å². The van der Waals surface area contributed by atoms with Crippen LogP contribution in [0.4, 0.5) is 0 Å². The van der Waals surface area contributed by atoms with Crippen molar-refractivity contribution in [3.8, 4) is 5.75 Å². The fraction of sp³-hybridized carbons (Fsp3) is 0.357. The Labute approximate surface area is 125 Å². The van der Waals surface area contributed by atoms with Crippen molar-refractivity contribution < 1.29 is 19.1 Å². The van der Waals surface area contributed by atoms with Crippen molar-refractivity contribution in [1.82, 2.24) is 4.90 Å². The number of hydrogen-bond acceptors (Lipinski definition) is 4. The van der Waals surface area contributed by atoms with Crippen molar-refractivity contribution in [2.24, 2.45) is 0 Å². The molecule has 6 heteroatoms. The van der Waals surface area contributed by atoms with Gasteiger partial charge in [0, 0.05) is 18.4 Å². The predicted octanol–water partition coefficient (Wildman–Crippen LogP) is 2.18. The van der Waals surface area contributed by atoms with E-state index in [2.05, 4.69) is 15.9 Å². The maximum atomic E-state index is 12.1. The van der Waals surface area contributed by atoms with E-state index < -0.39 is 0 Å². The number of likely N-dealkylation sites (tertiary alicyclic amines) is 1. The van der Waals surface area contributed by atoms with Crippen LogP contribution in [-0.2, 0) is 9.59 Å². The van der Waals surface area contributed by atoms with E-state index in [0.29, 0.717) is 35.0 Å². The van der Waals surface area contributed by atoms with Crippen molar-refractivity contribution in [1.29, 1.82) is 0 Å². The Kier molecular flexibility index (Phi) is 4.54. The minimum atomic E-state index is -0.276. The topological polar surface area (TPSA) is 63.7 Å². The number of ketones is 1. The number of piperidine rings is 1. The van der Waals surface area contributed by atoms with Gasteiger partial charge in [-0.25, -0.2) is 0 Å². The highest BCUT2D eigenvalue weighted by atomic mass is 79.9. The summed E-state index contributed by atoms with van der Waals surface area (Å²) in [5.41, 5.74) is 0.434. The van der Waals surface area contributed by atoms with Crippen LogP contribution in [0.5, 0.6) is 5.75 Å². The van der Waals surface area contributed by atoms with Crippen molar-refractivity contribution in [3.05, 3.63) is 28.2 Å². The average molecular weight is 340 g/mol. The summed E-state index contributed by atoms with van der Waals surface area (Å²) in [7, 11) is 1.53. The van der Waals surface area contributed by atoms with Crippen molar-refractivity contribution in [3.63, 3.8) is 0 Å². The van der Waals surface area contributed by atoms with Crippen LogP contribution >= 0.6 is 15.9 Å². The van der Waals surface area contributed by atoms with Gasteiger partial charge in [-0.05, 0) is 40.5 Å². The smallest absolute Gasteiger partial charge is 0.229 e. The lowest BCUT2D eigenvalue weighted by molar-refractivity contribution is -0.147. The molecule has 5 nitrogen and oxygen atoms in total. The Bertz CT molecular complexity index is 554. The molecule has 1 aromatic carbocycles. The second-order valence-electron chi connectivity index (χ2n) is 4.50. The van der Waals surface area contributed by atoms with Gasteiger partial charge < -0.3 is 4.74 Å². The summed E-state index contributed by atoms with van der Waals surface area (Å²) < 4.78 is 5.74. The molecular weight excluding hydrogens is 326 g/mol. The van der Waals surface area contributed by atoms with Crippen LogP contribution in [0.15, 0.2) is 22.7 Å². The molecule has 106 valence electrons. The molecule has 0 spiro atoms. The molecule has 20 heavy (non-hydrogen) atoms. The molecule has 1 saturated heterocycles. The monoisotopic (exact) mass is 339 g/mol. The Balaban J connectivity index is 2.13. The number of carbonyl (C=O) groups is 3. The number of methoxy groups -OCH3 is 1. The molecule has 0 radical (unpaired) electrons. The minimum absolute atomic E-state index is 0.198. The molecule has 2 amide bonds. The zero-order valence-electron chi connectivity index (χ0n) is 11.0. The number of carbonyl (C=O) groups excluding carboxylic acids is 3. The van der Waals surface area contributed by atoms with Crippen molar-refractivity contribution in [2.45, 2.75) is 19.3 Å². The Morgan fingerprint density at radius 1 is 1.30 bits per heavy atom. The number of halogens is 1. The number of amides is 2. The zero-order chi connectivity index (χ0) is 14.7. The lowest BCUT2D eigenvalue weighted by atomic mass is 10.1. The number of benzene rings is 1. The van der Waals surface area contributed by atoms with Gasteiger partial charge in [0.1, 0.15) is 5.75 Å². The third kappa shape index (κ3) is 3.07. The largest absolute Gasteiger partial charge is 0.496 e. The zero-order valence-corrected chi connectivity index (χ0v) is 12.6. The molecule has 0 N–H and O–H groups in total. The first-order chi connectivity index (χ1) is 9.52.